The summed E-state index contributed by atoms with van der Waals surface area (Å²) in [7, 11) is 1.61. The van der Waals surface area contributed by atoms with Crippen molar-refractivity contribution in [1.29, 1.82) is 0 Å². The Kier molecular flexibility index (Phi) is 5.16. The van der Waals surface area contributed by atoms with Crippen LogP contribution in [0.5, 0.6) is 0 Å². The molecule has 0 heterocycles. The lowest BCUT2D eigenvalue weighted by Crippen LogP contribution is -2.25. The Bertz CT molecular complexity index is 403. The van der Waals surface area contributed by atoms with Gasteiger partial charge >= 0.3 is 5.97 Å². The van der Waals surface area contributed by atoms with E-state index in [1.54, 1.807) is 7.11 Å². The minimum Gasteiger partial charge on any atom is -0.481 e. The molecular weight excluding hydrogens is 222 g/mol. The van der Waals surface area contributed by atoms with Gasteiger partial charge < -0.3 is 15.2 Å². The van der Waals surface area contributed by atoms with Gasteiger partial charge in [0.15, 0.2) is 0 Å². The topological polar surface area (TPSA) is 75.6 Å². The zero-order valence-corrected chi connectivity index (χ0v) is 9.60. The van der Waals surface area contributed by atoms with Crippen molar-refractivity contribution in [3.63, 3.8) is 0 Å². The number of carbonyl (C=O) groups is 2. The van der Waals surface area contributed by atoms with Crippen LogP contribution >= 0.6 is 0 Å². The first kappa shape index (κ1) is 13.2. The Labute approximate surface area is 99.4 Å². The van der Waals surface area contributed by atoms with E-state index in [0.29, 0.717) is 13.2 Å². The molecule has 0 bridgehead atoms. The molecule has 0 radical (unpaired) electrons. The second-order valence-corrected chi connectivity index (χ2v) is 3.60. The molecule has 0 unspecified atom stereocenters. The number of hydrogen-bond donors (Lipinski definition) is 2. The predicted molar refractivity (Wildman–Crippen MR) is 61.3 cm³/mol. The molecule has 17 heavy (non-hydrogen) atoms. The number of methoxy groups -OCH3 is 1. The lowest BCUT2D eigenvalue weighted by Gasteiger charge is -2.06. The fourth-order valence-corrected chi connectivity index (χ4v) is 1.40. The molecule has 2 N–H and O–H groups in total. The molecule has 1 rings (SSSR count). The van der Waals surface area contributed by atoms with Gasteiger partial charge in [0, 0.05) is 13.7 Å². The van der Waals surface area contributed by atoms with Crippen molar-refractivity contribution in [3.8, 4) is 0 Å². The van der Waals surface area contributed by atoms with Crippen LogP contribution in [0.3, 0.4) is 0 Å². The third-order valence-electron chi connectivity index (χ3n) is 2.10. The minimum absolute atomic E-state index is 0.323. The van der Waals surface area contributed by atoms with Gasteiger partial charge in [-0.05, 0) is 11.1 Å². The Hall–Kier alpha value is -1.88. The number of carboxylic acids is 1. The molecule has 5 heteroatoms. The van der Waals surface area contributed by atoms with Crippen molar-refractivity contribution < 1.29 is 19.4 Å². The van der Waals surface area contributed by atoms with Crippen LogP contribution in [0.4, 0.5) is 0 Å². The molecule has 0 atom stereocenters. The van der Waals surface area contributed by atoms with E-state index >= 15 is 0 Å². The zero-order chi connectivity index (χ0) is 12.7. The maximum atomic E-state index is 11.1. The Morgan fingerprint density at radius 2 is 2.06 bits per heavy atom. The van der Waals surface area contributed by atoms with Crippen molar-refractivity contribution >= 4 is 11.9 Å². The molecule has 0 aromatic heterocycles. The van der Waals surface area contributed by atoms with Crippen molar-refractivity contribution in [1.82, 2.24) is 5.32 Å². The summed E-state index contributed by atoms with van der Waals surface area (Å²) in [4.78, 5) is 21.4. The maximum absolute atomic E-state index is 11.1. The highest BCUT2D eigenvalue weighted by Gasteiger charge is 2.06. The fraction of sp³-hybridized carbons (Fsp3) is 0.333. The van der Waals surface area contributed by atoms with Crippen LogP contribution in [0.25, 0.3) is 0 Å². The zero-order valence-electron chi connectivity index (χ0n) is 9.60. The van der Waals surface area contributed by atoms with Crippen LogP contribution in [0, 0.1) is 0 Å². The summed E-state index contributed by atoms with van der Waals surface area (Å²) < 4.78 is 5.00. The van der Waals surface area contributed by atoms with Crippen molar-refractivity contribution in [2.45, 2.75) is 19.6 Å². The van der Waals surface area contributed by atoms with Gasteiger partial charge in [-0.2, -0.15) is 0 Å². The first-order chi connectivity index (χ1) is 8.11. The van der Waals surface area contributed by atoms with Crippen LogP contribution < -0.4 is 5.32 Å². The highest BCUT2D eigenvalue weighted by molar-refractivity contribution is 5.93. The van der Waals surface area contributed by atoms with Gasteiger partial charge in [0.2, 0.25) is 5.91 Å². The van der Waals surface area contributed by atoms with Crippen LogP contribution in [0.2, 0.25) is 0 Å². The predicted octanol–water partition coefficient (Wildman–Crippen LogP) is 0.924. The number of amides is 1. The molecule has 0 spiro atoms. The molecule has 5 nitrogen and oxygen atoms in total. The second-order valence-electron chi connectivity index (χ2n) is 3.60. The van der Waals surface area contributed by atoms with E-state index in [2.05, 4.69) is 5.32 Å². The lowest BCUT2D eigenvalue weighted by atomic mass is 10.1. The highest BCUT2D eigenvalue weighted by atomic mass is 16.5. The summed E-state index contributed by atoms with van der Waals surface area (Å²) in [5, 5.41) is 11.0. The number of rotatable bonds is 6. The summed E-state index contributed by atoms with van der Waals surface area (Å²) in [5.74, 6) is -1.62. The van der Waals surface area contributed by atoms with Crippen molar-refractivity contribution in [3.05, 3.63) is 35.4 Å². The van der Waals surface area contributed by atoms with Crippen molar-refractivity contribution in [2.24, 2.45) is 0 Å². The van der Waals surface area contributed by atoms with Gasteiger partial charge in [-0.1, -0.05) is 24.3 Å². The molecule has 0 saturated carbocycles. The van der Waals surface area contributed by atoms with Gasteiger partial charge in [-0.15, -0.1) is 0 Å². The largest absolute Gasteiger partial charge is 0.481 e. The van der Waals surface area contributed by atoms with Gasteiger partial charge in [0.1, 0.15) is 6.42 Å². The van der Waals surface area contributed by atoms with E-state index in [4.69, 9.17) is 9.84 Å². The molecule has 1 aromatic carbocycles. The first-order valence-corrected chi connectivity index (χ1v) is 5.17. The first-order valence-electron chi connectivity index (χ1n) is 5.17. The quantitative estimate of drug-likeness (QED) is 0.721. The molecule has 1 amide bonds. The number of hydrogen-bond acceptors (Lipinski definition) is 3. The number of nitrogens with one attached hydrogen (secondary N) is 1. The minimum atomic E-state index is -1.13. The van der Waals surface area contributed by atoms with E-state index in [0.717, 1.165) is 11.1 Å². The van der Waals surface area contributed by atoms with Gasteiger partial charge in [0.25, 0.3) is 0 Å². The Balaban J connectivity index is 2.48. The normalized spacial score (nSPS) is 9.94. The third-order valence-corrected chi connectivity index (χ3v) is 2.10. The molecule has 0 aliphatic carbocycles. The number of benzene rings is 1. The summed E-state index contributed by atoms with van der Waals surface area (Å²) in [6, 6.07) is 7.56. The lowest BCUT2D eigenvalue weighted by molar-refractivity contribution is -0.140. The summed E-state index contributed by atoms with van der Waals surface area (Å²) in [6.45, 7) is 0.834. The standard InChI is InChI=1S/C12H15NO4/c1-17-8-10-4-2-3-9(5-10)7-13-11(14)6-12(15)16/h2-5H,6-8H2,1H3,(H,13,14)(H,15,16). The third kappa shape index (κ3) is 5.12. The smallest absolute Gasteiger partial charge is 0.312 e. The maximum Gasteiger partial charge on any atom is 0.312 e. The summed E-state index contributed by atoms with van der Waals surface area (Å²) >= 11 is 0. The molecule has 0 fully saturated rings. The van der Waals surface area contributed by atoms with Gasteiger partial charge in [-0.3, -0.25) is 9.59 Å². The van der Waals surface area contributed by atoms with Crippen LogP contribution in [-0.4, -0.2) is 24.1 Å². The molecule has 0 aliphatic rings. The van der Waals surface area contributed by atoms with Crippen molar-refractivity contribution in [2.75, 3.05) is 7.11 Å². The van der Waals surface area contributed by atoms with Crippen LogP contribution in [-0.2, 0) is 27.5 Å². The molecule has 1 aromatic rings. The Morgan fingerprint density at radius 1 is 1.35 bits per heavy atom. The van der Waals surface area contributed by atoms with E-state index in [1.807, 2.05) is 24.3 Å². The average molecular weight is 237 g/mol. The SMILES string of the molecule is COCc1cccc(CNC(=O)CC(=O)O)c1. The van der Waals surface area contributed by atoms with Crippen LogP contribution in [0.1, 0.15) is 17.5 Å². The number of carboxylic acid groups (broad SMARTS) is 1. The Morgan fingerprint density at radius 3 is 2.71 bits per heavy atom. The summed E-state index contributed by atoms with van der Waals surface area (Å²) in [5.41, 5.74) is 1.93. The second kappa shape index (κ2) is 6.65. The van der Waals surface area contributed by atoms with Crippen LogP contribution in [0.15, 0.2) is 24.3 Å². The highest BCUT2D eigenvalue weighted by Crippen LogP contribution is 2.06. The molecule has 0 aliphatic heterocycles. The monoisotopic (exact) mass is 237 g/mol. The van der Waals surface area contributed by atoms with E-state index in [9.17, 15) is 9.59 Å². The average Bonchev–Trinajstić information content (AvgIpc) is 2.26. The number of ether oxygens (including phenoxy) is 1. The van der Waals surface area contributed by atoms with Gasteiger partial charge in [0.05, 0.1) is 6.61 Å². The molecular formula is C12H15NO4. The molecule has 92 valence electrons. The van der Waals surface area contributed by atoms with Gasteiger partial charge in [-0.25, -0.2) is 0 Å². The van der Waals surface area contributed by atoms with E-state index in [1.165, 1.54) is 0 Å². The summed E-state index contributed by atoms with van der Waals surface area (Å²) in [6.07, 6.45) is -0.502. The molecule has 0 saturated heterocycles. The number of aliphatic carboxylic acids is 1. The fourth-order valence-electron chi connectivity index (χ4n) is 1.40. The number of carbonyl (C=O) groups excluding carboxylic acids is 1. The van der Waals surface area contributed by atoms with E-state index < -0.39 is 18.3 Å². The van der Waals surface area contributed by atoms with E-state index in [-0.39, 0.29) is 0 Å².